The van der Waals surface area contributed by atoms with Crippen molar-refractivity contribution >= 4 is 44.8 Å². The smallest absolute Gasteiger partial charge is 0.292 e. The number of nitrogens with zero attached hydrogens (tertiary/aromatic N) is 3. The number of anilines is 2. The maximum Gasteiger partial charge on any atom is 0.292 e. The van der Waals surface area contributed by atoms with Crippen LogP contribution in [0.5, 0.6) is 0 Å². The second-order valence-electron chi connectivity index (χ2n) is 5.78. The SMILES string of the molecule is CN(CC(=O)Nc1ccccc1Br)c1cnn(-c2ccccc2)c(=O)c1Cl. The van der Waals surface area contributed by atoms with Gasteiger partial charge in [-0.05, 0) is 40.2 Å². The zero-order valence-corrected chi connectivity index (χ0v) is 16.7. The van der Waals surface area contributed by atoms with E-state index >= 15 is 0 Å². The van der Waals surface area contributed by atoms with Crippen LogP contribution in [0.2, 0.25) is 5.02 Å². The summed E-state index contributed by atoms with van der Waals surface area (Å²) in [6, 6.07) is 16.3. The summed E-state index contributed by atoms with van der Waals surface area (Å²) >= 11 is 9.64. The van der Waals surface area contributed by atoms with Crippen LogP contribution in [-0.2, 0) is 4.79 Å². The molecule has 27 heavy (non-hydrogen) atoms. The van der Waals surface area contributed by atoms with E-state index in [1.807, 2.05) is 36.4 Å². The molecule has 3 rings (SSSR count). The van der Waals surface area contributed by atoms with Crippen molar-refractivity contribution in [2.45, 2.75) is 0 Å². The van der Waals surface area contributed by atoms with Gasteiger partial charge < -0.3 is 10.2 Å². The highest BCUT2D eigenvalue weighted by Gasteiger charge is 2.16. The van der Waals surface area contributed by atoms with E-state index in [1.165, 1.54) is 10.9 Å². The van der Waals surface area contributed by atoms with Crippen LogP contribution in [0.1, 0.15) is 0 Å². The molecule has 3 aromatic rings. The molecule has 6 nitrogen and oxygen atoms in total. The number of carbonyl (C=O) groups excluding carboxylic acids is 1. The van der Waals surface area contributed by atoms with Gasteiger partial charge in [0.15, 0.2) is 0 Å². The molecule has 0 unspecified atom stereocenters. The molecule has 138 valence electrons. The summed E-state index contributed by atoms with van der Waals surface area (Å²) in [6.45, 7) is 0.0114. The minimum Gasteiger partial charge on any atom is -0.363 e. The van der Waals surface area contributed by atoms with Crippen molar-refractivity contribution in [1.82, 2.24) is 9.78 Å². The third kappa shape index (κ3) is 4.37. The number of hydrogen-bond donors (Lipinski definition) is 1. The zero-order chi connectivity index (χ0) is 19.4. The average Bonchev–Trinajstić information content (AvgIpc) is 2.66. The van der Waals surface area contributed by atoms with Gasteiger partial charge in [0.2, 0.25) is 5.91 Å². The minimum absolute atomic E-state index is 0.00467. The minimum atomic E-state index is -0.446. The summed E-state index contributed by atoms with van der Waals surface area (Å²) in [5.41, 5.74) is 1.22. The van der Waals surface area contributed by atoms with Crippen LogP contribution in [0.3, 0.4) is 0 Å². The molecule has 0 saturated carbocycles. The van der Waals surface area contributed by atoms with Crippen molar-refractivity contribution in [2.24, 2.45) is 0 Å². The Morgan fingerprint density at radius 1 is 1.19 bits per heavy atom. The van der Waals surface area contributed by atoms with Gasteiger partial charge in [-0.3, -0.25) is 9.59 Å². The van der Waals surface area contributed by atoms with Crippen molar-refractivity contribution in [3.05, 3.63) is 80.6 Å². The van der Waals surface area contributed by atoms with Crippen LogP contribution in [0.15, 0.2) is 70.1 Å². The van der Waals surface area contributed by atoms with E-state index in [1.54, 1.807) is 30.1 Å². The third-order valence-corrected chi connectivity index (χ3v) is 4.89. The molecule has 0 radical (unpaired) electrons. The monoisotopic (exact) mass is 446 g/mol. The molecule has 8 heteroatoms. The lowest BCUT2D eigenvalue weighted by atomic mass is 10.3. The molecule has 0 spiro atoms. The second-order valence-corrected chi connectivity index (χ2v) is 7.01. The Morgan fingerprint density at radius 3 is 2.56 bits per heavy atom. The standard InChI is InChI=1S/C19H16BrClN4O2/c1-24(12-17(26)23-15-10-6-5-9-14(15)20)16-11-22-25(19(27)18(16)21)13-7-3-2-4-8-13/h2-11H,12H2,1H3,(H,23,26). The van der Waals surface area contributed by atoms with Crippen molar-refractivity contribution in [3.63, 3.8) is 0 Å². The number of halogens is 2. The molecule has 2 aromatic carbocycles. The van der Waals surface area contributed by atoms with Crippen molar-refractivity contribution in [2.75, 3.05) is 23.8 Å². The van der Waals surface area contributed by atoms with Crippen molar-refractivity contribution in [1.29, 1.82) is 0 Å². The van der Waals surface area contributed by atoms with Gasteiger partial charge in [0.05, 0.1) is 29.8 Å². The maximum atomic E-state index is 12.6. The fraction of sp³-hybridized carbons (Fsp3) is 0.105. The molecule has 1 N–H and O–H groups in total. The molecular weight excluding hydrogens is 432 g/mol. The number of likely N-dealkylation sites (N-methyl/N-ethyl adjacent to an activating group) is 1. The first-order valence-electron chi connectivity index (χ1n) is 8.06. The summed E-state index contributed by atoms with van der Waals surface area (Å²) < 4.78 is 2.01. The predicted octanol–water partition coefficient (Wildman–Crippen LogP) is 3.72. The first-order valence-corrected chi connectivity index (χ1v) is 9.23. The summed E-state index contributed by atoms with van der Waals surface area (Å²) in [6.07, 6.45) is 1.47. The summed E-state index contributed by atoms with van der Waals surface area (Å²) in [4.78, 5) is 26.4. The van der Waals surface area contributed by atoms with Crippen LogP contribution < -0.4 is 15.8 Å². The Hall–Kier alpha value is -2.64. The van der Waals surface area contributed by atoms with Crippen LogP contribution >= 0.6 is 27.5 Å². The Kier molecular flexibility index (Phi) is 5.93. The Bertz CT molecular complexity index is 1020. The number of nitrogens with one attached hydrogen (secondary N) is 1. The van der Waals surface area contributed by atoms with Gasteiger partial charge in [-0.1, -0.05) is 41.9 Å². The Morgan fingerprint density at radius 2 is 1.85 bits per heavy atom. The van der Waals surface area contributed by atoms with E-state index in [2.05, 4.69) is 26.3 Å². The molecule has 0 fully saturated rings. The summed E-state index contributed by atoms with van der Waals surface area (Å²) in [5.74, 6) is -0.243. The number of amides is 1. The maximum absolute atomic E-state index is 12.6. The Labute approximate surface area is 169 Å². The number of carbonyl (C=O) groups is 1. The molecule has 0 saturated heterocycles. The highest BCUT2D eigenvalue weighted by Crippen LogP contribution is 2.22. The second kappa shape index (κ2) is 8.37. The van der Waals surface area contributed by atoms with E-state index in [9.17, 15) is 9.59 Å². The molecule has 1 heterocycles. The first kappa shape index (κ1) is 19.1. The number of hydrogen-bond acceptors (Lipinski definition) is 4. The van der Waals surface area contributed by atoms with Gasteiger partial charge >= 0.3 is 0 Å². The van der Waals surface area contributed by atoms with Crippen molar-refractivity contribution < 1.29 is 4.79 Å². The fourth-order valence-corrected chi connectivity index (χ4v) is 3.15. The molecule has 0 aliphatic carbocycles. The number of rotatable bonds is 5. The lowest BCUT2D eigenvalue weighted by molar-refractivity contribution is -0.114. The summed E-state index contributed by atoms with van der Waals surface area (Å²) in [7, 11) is 1.68. The number of aromatic nitrogens is 2. The first-order chi connectivity index (χ1) is 13.0. The molecule has 0 aliphatic rings. The van der Waals surface area contributed by atoms with E-state index < -0.39 is 5.56 Å². The predicted molar refractivity (Wildman–Crippen MR) is 111 cm³/mol. The lowest BCUT2D eigenvalue weighted by Crippen LogP contribution is -2.32. The fourth-order valence-electron chi connectivity index (χ4n) is 2.50. The topological polar surface area (TPSA) is 67.2 Å². The van der Waals surface area contributed by atoms with Crippen LogP contribution in [0.25, 0.3) is 5.69 Å². The molecule has 0 atom stereocenters. The van der Waals surface area contributed by atoms with Gasteiger partial charge in [0.25, 0.3) is 5.56 Å². The lowest BCUT2D eigenvalue weighted by Gasteiger charge is -2.20. The highest BCUT2D eigenvalue weighted by atomic mass is 79.9. The third-order valence-electron chi connectivity index (χ3n) is 3.84. The van der Waals surface area contributed by atoms with E-state index in [0.29, 0.717) is 17.1 Å². The van der Waals surface area contributed by atoms with Gasteiger partial charge in [0, 0.05) is 11.5 Å². The quantitative estimate of drug-likeness (QED) is 0.647. The highest BCUT2D eigenvalue weighted by molar-refractivity contribution is 9.10. The zero-order valence-electron chi connectivity index (χ0n) is 14.4. The van der Waals surface area contributed by atoms with Gasteiger partial charge in [-0.2, -0.15) is 9.78 Å². The van der Waals surface area contributed by atoms with Crippen LogP contribution in [0, 0.1) is 0 Å². The van der Waals surface area contributed by atoms with Crippen molar-refractivity contribution in [3.8, 4) is 5.69 Å². The normalized spacial score (nSPS) is 10.5. The molecule has 0 aliphatic heterocycles. The molecule has 0 bridgehead atoms. The summed E-state index contributed by atoms with van der Waals surface area (Å²) in [5, 5.41) is 6.99. The largest absolute Gasteiger partial charge is 0.363 e. The van der Waals surface area contributed by atoms with Crippen LogP contribution in [0.4, 0.5) is 11.4 Å². The van der Waals surface area contributed by atoms with E-state index in [-0.39, 0.29) is 17.5 Å². The van der Waals surface area contributed by atoms with E-state index in [0.717, 1.165) is 4.47 Å². The molecule has 1 aromatic heterocycles. The molecule has 1 amide bonds. The molecular formula is C19H16BrClN4O2. The Balaban J connectivity index is 1.78. The van der Waals surface area contributed by atoms with E-state index in [4.69, 9.17) is 11.6 Å². The number of benzene rings is 2. The number of para-hydroxylation sites is 2. The van der Waals surface area contributed by atoms with Gasteiger partial charge in [-0.25, -0.2) is 0 Å². The van der Waals surface area contributed by atoms with Gasteiger partial charge in [-0.15, -0.1) is 0 Å². The average molecular weight is 448 g/mol. The van der Waals surface area contributed by atoms with Crippen LogP contribution in [-0.4, -0.2) is 29.3 Å². The van der Waals surface area contributed by atoms with Gasteiger partial charge in [0.1, 0.15) is 5.02 Å².